The summed E-state index contributed by atoms with van der Waals surface area (Å²) in [5.74, 6) is 0. The average Bonchev–Trinajstić information content (AvgIpc) is 3.59. The van der Waals surface area contributed by atoms with Crippen LogP contribution in [0.5, 0.6) is 0 Å². The predicted molar refractivity (Wildman–Crippen MR) is 131 cm³/mol. The van der Waals surface area contributed by atoms with E-state index in [1.807, 2.05) is 29.3 Å². The standard InChI is InChI=1S/C24H34N8O/c1-3-20(4-2)31-15-19(13-28-31)24-23-7-8-27-32(23)17-22(29-24)18(11-25)12-26-14-21(33)16-30-9-5-6-10-30/h7-8,11-13,15,17,20-21,33H,3-6,9-10,14,16,25H2,1-2H3. The summed E-state index contributed by atoms with van der Waals surface area (Å²) in [4.78, 5) is 11.6. The zero-order valence-electron chi connectivity index (χ0n) is 19.5. The van der Waals surface area contributed by atoms with Crippen LogP contribution in [0.2, 0.25) is 0 Å². The maximum absolute atomic E-state index is 10.3. The van der Waals surface area contributed by atoms with Gasteiger partial charge < -0.3 is 15.7 Å². The van der Waals surface area contributed by atoms with Crippen LogP contribution in [0.4, 0.5) is 0 Å². The number of nitrogens with zero attached hydrogens (tertiary/aromatic N) is 7. The van der Waals surface area contributed by atoms with Crippen LogP contribution in [-0.2, 0) is 0 Å². The minimum Gasteiger partial charge on any atom is -0.404 e. The van der Waals surface area contributed by atoms with Gasteiger partial charge in [-0.1, -0.05) is 13.8 Å². The first-order valence-electron chi connectivity index (χ1n) is 11.8. The minimum absolute atomic E-state index is 0.326. The fraction of sp³-hybridized carbons (Fsp3) is 0.500. The molecule has 1 unspecified atom stereocenters. The first kappa shape index (κ1) is 23.1. The van der Waals surface area contributed by atoms with Crippen molar-refractivity contribution >= 4 is 17.3 Å². The van der Waals surface area contributed by atoms with E-state index >= 15 is 0 Å². The molecule has 1 aliphatic heterocycles. The summed E-state index contributed by atoms with van der Waals surface area (Å²) in [6.07, 6.45) is 14.6. The van der Waals surface area contributed by atoms with Crippen LogP contribution in [0.1, 0.15) is 51.3 Å². The van der Waals surface area contributed by atoms with Gasteiger partial charge in [0, 0.05) is 36.3 Å². The Morgan fingerprint density at radius 1 is 1.21 bits per heavy atom. The molecule has 0 amide bonds. The molecule has 4 heterocycles. The predicted octanol–water partition coefficient (Wildman–Crippen LogP) is 2.78. The molecule has 1 saturated heterocycles. The Morgan fingerprint density at radius 2 is 2.00 bits per heavy atom. The highest BCUT2D eigenvalue weighted by Crippen LogP contribution is 2.26. The normalized spacial score (nSPS) is 16.5. The van der Waals surface area contributed by atoms with Crippen molar-refractivity contribution in [2.45, 2.75) is 51.7 Å². The van der Waals surface area contributed by atoms with Crippen LogP contribution >= 0.6 is 0 Å². The highest BCUT2D eigenvalue weighted by atomic mass is 16.3. The van der Waals surface area contributed by atoms with Crippen molar-refractivity contribution in [1.29, 1.82) is 0 Å². The Bertz CT molecular complexity index is 1100. The van der Waals surface area contributed by atoms with Gasteiger partial charge in [-0.25, -0.2) is 9.50 Å². The second-order valence-corrected chi connectivity index (χ2v) is 8.59. The summed E-state index contributed by atoms with van der Waals surface area (Å²) in [6.45, 7) is 7.43. The van der Waals surface area contributed by atoms with Gasteiger partial charge in [0.2, 0.25) is 0 Å². The molecule has 176 valence electrons. The van der Waals surface area contributed by atoms with E-state index in [1.54, 1.807) is 16.9 Å². The van der Waals surface area contributed by atoms with E-state index in [2.05, 4.69) is 33.9 Å². The molecular weight excluding hydrogens is 416 g/mol. The lowest BCUT2D eigenvalue weighted by Crippen LogP contribution is -2.31. The first-order chi connectivity index (χ1) is 16.1. The van der Waals surface area contributed by atoms with Crippen LogP contribution < -0.4 is 5.73 Å². The number of likely N-dealkylation sites (tertiary alicyclic amines) is 1. The third-order valence-electron chi connectivity index (χ3n) is 6.27. The van der Waals surface area contributed by atoms with Gasteiger partial charge in [-0.3, -0.25) is 9.67 Å². The lowest BCUT2D eigenvalue weighted by molar-refractivity contribution is 0.132. The number of β-amino-alcohol motifs (C(OH)–C–C–N with tert-alkyl or cyclic N) is 1. The van der Waals surface area contributed by atoms with E-state index in [1.165, 1.54) is 19.0 Å². The van der Waals surface area contributed by atoms with E-state index < -0.39 is 6.10 Å². The number of nitrogens with two attached hydrogens (primary N) is 1. The molecule has 1 fully saturated rings. The molecule has 1 atom stereocenters. The van der Waals surface area contributed by atoms with Crippen LogP contribution in [-0.4, -0.2) is 72.9 Å². The second-order valence-electron chi connectivity index (χ2n) is 8.59. The van der Waals surface area contributed by atoms with Crippen molar-refractivity contribution in [3.8, 4) is 11.3 Å². The zero-order valence-corrected chi connectivity index (χ0v) is 19.5. The summed E-state index contributed by atoms with van der Waals surface area (Å²) in [6, 6.07) is 2.30. The largest absolute Gasteiger partial charge is 0.404 e. The van der Waals surface area contributed by atoms with Crippen molar-refractivity contribution < 1.29 is 5.11 Å². The van der Waals surface area contributed by atoms with Crippen molar-refractivity contribution in [3.63, 3.8) is 0 Å². The molecule has 33 heavy (non-hydrogen) atoms. The van der Waals surface area contributed by atoms with E-state index in [9.17, 15) is 5.11 Å². The van der Waals surface area contributed by atoms with Gasteiger partial charge in [0.25, 0.3) is 0 Å². The first-order valence-corrected chi connectivity index (χ1v) is 11.8. The number of aliphatic hydroxyl groups excluding tert-OH is 1. The Balaban J connectivity index is 1.56. The van der Waals surface area contributed by atoms with E-state index in [-0.39, 0.29) is 0 Å². The van der Waals surface area contributed by atoms with Gasteiger partial charge in [0.1, 0.15) is 0 Å². The van der Waals surface area contributed by atoms with Crippen LogP contribution in [0.25, 0.3) is 22.3 Å². The fourth-order valence-corrected chi connectivity index (χ4v) is 4.39. The van der Waals surface area contributed by atoms with Gasteiger partial charge in [-0.15, -0.1) is 0 Å². The summed E-state index contributed by atoms with van der Waals surface area (Å²) < 4.78 is 3.81. The van der Waals surface area contributed by atoms with Gasteiger partial charge in [0.05, 0.1) is 54.2 Å². The van der Waals surface area contributed by atoms with Gasteiger partial charge >= 0.3 is 0 Å². The van der Waals surface area contributed by atoms with Crippen molar-refractivity contribution in [1.82, 2.24) is 29.3 Å². The number of hydrogen-bond acceptors (Lipinski definition) is 7. The number of aliphatic imine (C=N–C) groups is 1. The monoisotopic (exact) mass is 450 g/mol. The van der Waals surface area contributed by atoms with Crippen LogP contribution in [0.15, 0.2) is 42.0 Å². The maximum Gasteiger partial charge on any atom is 0.0999 e. The molecule has 0 radical (unpaired) electrons. The lowest BCUT2D eigenvalue weighted by atomic mass is 10.1. The van der Waals surface area contributed by atoms with Crippen LogP contribution in [0, 0.1) is 0 Å². The molecular formula is C24H34N8O. The number of hydrogen-bond donors (Lipinski definition) is 2. The van der Waals surface area contributed by atoms with Crippen molar-refractivity contribution in [2.75, 3.05) is 26.2 Å². The number of fused-ring (bicyclic) bond motifs is 1. The molecule has 4 rings (SSSR count). The van der Waals surface area contributed by atoms with Crippen molar-refractivity contribution in [3.05, 3.63) is 42.7 Å². The Hall–Kier alpha value is -3.04. The lowest BCUT2D eigenvalue weighted by Gasteiger charge is -2.17. The Morgan fingerprint density at radius 3 is 2.73 bits per heavy atom. The minimum atomic E-state index is -0.494. The number of rotatable bonds is 10. The fourth-order valence-electron chi connectivity index (χ4n) is 4.39. The van der Waals surface area contributed by atoms with Gasteiger partial charge in [0.15, 0.2) is 0 Å². The molecule has 0 bridgehead atoms. The maximum atomic E-state index is 10.3. The highest BCUT2D eigenvalue weighted by Gasteiger charge is 2.17. The summed E-state index contributed by atoms with van der Waals surface area (Å²) in [5, 5.41) is 19.3. The Labute approximate surface area is 194 Å². The summed E-state index contributed by atoms with van der Waals surface area (Å²) >= 11 is 0. The molecule has 0 aliphatic carbocycles. The molecule has 9 heteroatoms. The second kappa shape index (κ2) is 10.7. The zero-order chi connectivity index (χ0) is 23.2. The quantitative estimate of drug-likeness (QED) is 0.460. The van der Waals surface area contributed by atoms with Gasteiger partial charge in [-0.05, 0) is 44.8 Å². The molecule has 0 spiro atoms. The van der Waals surface area contributed by atoms with E-state index in [0.717, 1.165) is 42.7 Å². The van der Waals surface area contributed by atoms with E-state index in [0.29, 0.717) is 30.4 Å². The third kappa shape index (κ3) is 5.31. The summed E-state index contributed by atoms with van der Waals surface area (Å²) in [5.41, 5.74) is 9.90. The van der Waals surface area contributed by atoms with E-state index in [4.69, 9.17) is 10.7 Å². The average molecular weight is 451 g/mol. The third-order valence-corrected chi connectivity index (χ3v) is 6.27. The molecule has 3 aromatic rings. The smallest absolute Gasteiger partial charge is 0.0999 e. The highest BCUT2D eigenvalue weighted by molar-refractivity contribution is 6.09. The molecule has 3 N–H and O–H groups in total. The Kier molecular flexibility index (Phi) is 7.51. The number of allylic oxidation sites excluding steroid dienone is 1. The molecule has 3 aromatic heterocycles. The topological polar surface area (TPSA) is 110 Å². The van der Waals surface area contributed by atoms with Crippen LogP contribution in [0.3, 0.4) is 0 Å². The molecule has 0 saturated carbocycles. The number of aliphatic hydroxyl groups is 1. The van der Waals surface area contributed by atoms with Gasteiger partial charge in [-0.2, -0.15) is 10.2 Å². The molecule has 1 aliphatic rings. The summed E-state index contributed by atoms with van der Waals surface area (Å²) in [7, 11) is 0. The number of aromatic nitrogens is 5. The SMILES string of the molecule is CCC(CC)n1cc(-c2nc(C(C=NCC(O)CN3CCCC3)=CN)cn3nccc23)cn1. The van der Waals surface area contributed by atoms with Crippen molar-refractivity contribution in [2.24, 2.45) is 10.7 Å². The molecule has 0 aromatic carbocycles. The molecule has 9 nitrogen and oxygen atoms in total.